The Bertz CT molecular complexity index is 101. The molecule has 0 saturated heterocycles. The van der Waals surface area contributed by atoms with E-state index in [0.717, 1.165) is 4.43 Å². The molecule has 0 spiro atoms. The number of ether oxygens (including phenoxy) is 1. The molecule has 0 aliphatic carbocycles. The molecule has 0 rings (SSSR count). The first-order chi connectivity index (χ1) is 4.31. The number of carbonyl (C=O) groups is 1. The van der Waals surface area contributed by atoms with Crippen molar-refractivity contribution in [2.24, 2.45) is 0 Å². The first kappa shape index (κ1) is 8.94. The van der Waals surface area contributed by atoms with Crippen LogP contribution in [0.2, 0.25) is 0 Å². The zero-order valence-corrected chi connectivity index (χ0v) is 7.26. The maximum Gasteiger partial charge on any atom is 0.306 e. The van der Waals surface area contributed by atoms with E-state index in [1.807, 2.05) is 0 Å². The summed E-state index contributed by atoms with van der Waals surface area (Å²) in [6, 6.07) is 0. The summed E-state index contributed by atoms with van der Waals surface area (Å²) < 4.78 is 5.48. The molecule has 0 N–H and O–H groups in total. The van der Waals surface area contributed by atoms with Gasteiger partial charge in [0.05, 0.1) is 6.42 Å². The quantitative estimate of drug-likeness (QED) is 0.322. The summed E-state index contributed by atoms with van der Waals surface area (Å²) in [6.07, 6.45) is 2.06. The summed E-state index contributed by atoms with van der Waals surface area (Å²) in [5.74, 6) is -0.149. The Hall–Kier alpha value is -0.0600. The lowest BCUT2D eigenvalue weighted by atomic mass is 10.5. The average Bonchev–Trinajstić information content (AvgIpc) is 1.85. The number of esters is 1. The molecule has 0 fully saturated rings. The van der Waals surface area contributed by atoms with E-state index in [0.29, 0.717) is 13.0 Å². The van der Waals surface area contributed by atoms with Gasteiger partial charge in [0.2, 0.25) is 0 Å². The van der Waals surface area contributed by atoms with Crippen LogP contribution in [0.25, 0.3) is 0 Å². The number of alkyl halides is 1. The predicted octanol–water partition coefficient (Wildman–Crippen LogP) is 1.54. The smallest absolute Gasteiger partial charge is 0.306 e. The van der Waals surface area contributed by atoms with Crippen LogP contribution in [-0.2, 0) is 9.53 Å². The number of hydrogen-bond acceptors (Lipinski definition) is 2. The van der Waals surface area contributed by atoms with E-state index >= 15 is 0 Å². The molecule has 0 atom stereocenters. The molecule has 0 aromatic rings. The van der Waals surface area contributed by atoms with Gasteiger partial charge in [-0.1, -0.05) is 35.2 Å². The minimum absolute atomic E-state index is 0.149. The molecule has 0 radical (unpaired) electrons. The second kappa shape index (κ2) is 6.07. The highest BCUT2D eigenvalue weighted by molar-refractivity contribution is 14.1. The second-order valence-electron chi connectivity index (χ2n) is 1.41. The number of hydrogen-bond donors (Lipinski definition) is 0. The van der Waals surface area contributed by atoms with Gasteiger partial charge in [0.15, 0.2) is 0 Å². The van der Waals surface area contributed by atoms with Gasteiger partial charge in [-0.25, -0.2) is 0 Å². The van der Waals surface area contributed by atoms with E-state index in [-0.39, 0.29) is 5.97 Å². The molecule has 9 heavy (non-hydrogen) atoms. The first-order valence-electron chi connectivity index (χ1n) is 2.63. The van der Waals surface area contributed by atoms with Crippen LogP contribution in [0.4, 0.5) is 0 Å². The predicted molar refractivity (Wildman–Crippen MR) is 44.7 cm³/mol. The van der Waals surface area contributed by atoms with Crippen LogP contribution in [0, 0.1) is 0 Å². The summed E-state index contributed by atoms with van der Waals surface area (Å²) >= 11 is 2.13. The highest BCUT2D eigenvalue weighted by Gasteiger charge is 1.96. The van der Waals surface area contributed by atoms with Gasteiger partial charge in [-0.05, 0) is 0 Å². The Balaban J connectivity index is 3.16. The van der Waals surface area contributed by atoms with Crippen molar-refractivity contribution in [3.63, 3.8) is 0 Å². The van der Waals surface area contributed by atoms with Gasteiger partial charge >= 0.3 is 5.97 Å². The molecule has 0 aliphatic rings. The fourth-order valence-electron chi connectivity index (χ4n) is 0.301. The number of carbonyl (C=O) groups excluding carboxylic acids is 1. The Morgan fingerprint density at radius 2 is 2.44 bits per heavy atom. The Morgan fingerprint density at radius 1 is 1.78 bits per heavy atom. The van der Waals surface area contributed by atoms with Crippen LogP contribution in [0.3, 0.4) is 0 Å². The fourth-order valence-corrected chi connectivity index (χ4v) is 0.742. The maximum absolute atomic E-state index is 10.5. The molecule has 2 nitrogen and oxygen atoms in total. The molecule has 0 saturated carbocycles. The monoisotopic (exact) mass is 240 g/mol. The number of halogens is 1. The molecule has 52 valence electrons. The van der Waals surface area contributed by atoms with Crippen molar-refractivity contribution in [3.05, 3.63) is 12.7 Å². The topological polar surface area (TPSA) is 26.3 Å². The second-order valence-corrected chi connectivity index (χ2v) is 2.49. The molecule has 0 aromatic heterocycles. The van der Waals surface area contributed by atoms with Crippen molar-refractivity contribution in [2.45, 2.75) is 6.42 Å². The van der Waals surface area contributed by atoms with E-state index in [1.54, 1.807) is 6.08 Å². The van der Waals surface area contributed by atoms with Gasteiger partial charge in [0.1, 0.15) is 6.61 Å². The fraction of sp³-hybridized carbons (Fsp3) is 0.500. The number of rotatable bonds is 4. The third-order valence-electron chi connectivity index (χ3n) is 0.661. The highest BCUT2D eigenvalue weighted by atomic mass is 127. The lowest BCUT2D eigenvalue weighted by Gasteiger charge is -1.96. The Morgan fingerprint density at radius 3 is 2.89 bits per heavy atom. The molecule has 3 heteroatoms. The van der Waals surface area contributed by atoms with Gasteiger partial charge in [-0.15, -0.1) is 0 Å². The Labute approximate surface area is 68.4 Å². The zero-order valence-electron chi connectivity index (χ0n) is 5.10. The minimum atomic E-state index is -0.149. The molecular formula is C6H9IO2. The van der Waals surface area contributed by atoms with E-state index in [4.69, 9.17) is 0 Å². The largest absolute Gasteiger partial charge is 0.461 e. The van der Waals surface area contributed by atoms with E-state index in [1.165, 1.54) is 0 Å². The lowest BCUT2D eigenvalue weighted by molar-refractivity contribution is -0.141. The van der Waals surface area contributed by atoms with Gasteiger partial charge in [-0.3, -0.25) is 4.79 Å². The van der Waals surface area contributed by atoms with Crippen LogP contribution >= 0.6 is 22.6 Å². The van der Waals surface area contributed by atoms with Crippen molar-refractivity contribution >= 4 is 28.6 Å². The van der Waals surface area contributed by atoms with Crippen LogP contribution in [0.5, 0.6) is 0 Å². The normalized spacial score (nSPS) is 8.56. The van der Waals surface area contributed by atoms with Crippen molar-refractivity contribution in [2.75, 3.05) is 11.0 Å². The van der Waals surface area contributed by atoms with Gasteiger partial charge < -0.3 is 4.74 Å². The molecule has 0 bridgehead atoms. The van der Waals surface area contributed by atoms with Gasteiger partial charge in [0.25, 0.3) is 0 Å². The summed E-state index contributed by atoms with van der Waals surface area (Å²) in [7, 11) is 0. The SMILES string of the molecule is C=CCOC(=O)CCI. The molecule has 0 unspecified atom stereocenters. The van der Waals surface area contributed by atoms with E-state index < -0.39 is 0 Å². The maximum atomic E-state index is 10.5. The highest BCUT2D eigenvalue weighted by Crippen LogP contribution is 1.91. The first-order valence-corrected chi connectivity index (χ1v) is 4.16. The van der Waals surface area contributed by atoms with Crippen molar-refractivity contribution in [1.29, 1.82) is 0 Å². The van der Waals surface area contributed by atoms with Gasteiger partial charge in [0, 0.05) is 4.43 Å². The van der Waals surface area contributed by atoms with Crippen LogP contribution in [0.15, 0.2) is 12.7 Å². The van der Waals surface area contributed by atoms with Crippen LogP contribution in [0.1, 0.15) is 6.42 Å². The van der Waals surface area contributed by atoms with Crippen LogP contribution in [-0.4, -0.2) is 17.0 Å². The third-order valence-corrected chi connectivity index (χ3v) is 1.20. The summed E-state index contributed by atoms with van der Waals surface area (Å²) in [5.41, 5.74) is 0. The molecule has 0 aromatic carbocycles. The van der Waals surface area contributed by atoms with Crippen molar-refractivity contribution in [1.82, 2.24) is 0 Å². The summed E-state index contributed by atoms with van der Waals surface area (Å²) in [5, 5.41) is 0. The minimum Gasteiger partial charge on any atom is -0.461 e. The van der Waals surface area contributed by atoms with E-state index in [2.05, 4.69) is 33.9 Å². The standard InChI is InChI=1S/C6H9IO2/c1-2-5-9-6(8)3-4-7/h2H,1,3-5H2. The Kier molecular flexibility index (Phi) is 6.03. The van der Waals surface area contributed by atoms with E-state index in [9.17, 15) is 4.79 Å². The molecule has 0 heterocycles. The van der Waals surface area contributed by atoms with Crippen molar-refractivity contribution in [3.8, 4) is 0 Å². The summed E-state index contributed by atoms with van der Waals surface area (Å²) in [4.78, 5) is 10.5. The van der Waals surface area contributed by atoms with Crippen LogP contribution < -0.4 is 0 Å². The molecule has 0 aliphatic heterocycles. The molecule has 0 amide bonds. The molecular weight excluding hydrogens is 231 g/mol. The van der Waals surface area contributed by atoms with Crippen molar-refractivity contribution < 1.29 is 9.53 Å². The average molecular weight is 240 g/mol. The lowest BCUT2D eigenvalue weighted by Crippen LogP contribution is -2.03. The van der Waals surface area contributed by atoms with Gasteiger partial charge in [-0.2, -0.15) is 0 Å². The zero-order chi connectivity index (χ0) is 7.11. The summed E-state index contributed by atoms with van der Waals surface area (Å²) in [6.45, 7) is 3.74. The third kappa shape index (κ3) is 5.82.